The number of aliphatic hydroxyl groups is 1. The Bertz CT molecular complexity index is 395. The molecule has 0 spiro atoms. The Balaban J connectivity index is 3.22. The van der Waals surface area contributed by atoms with Gasteiger partial charge in [-0.1, -0.05) is 11.6 Å². The molecule has 0 fully saturated rings. The van der Waals surface area contributed by atoms with Crippen molar-refractivity contribution in [3.05, 3.63) is 38.7 Å². The fraction of sp³-hybridized carbons (Fsp3) is 0.333. The zero-order chi connectivity index (χ0) is 11.6. The SMILES string of the molecule is CC(O)Cc1cc(F)c(Cl)cc1[N+](=O)[O-]. The van der Waals surface area contributed by atoms with Crippen LogP contribution in [0, 0.1) is 15.9 Å². The largest absolute Gasteiger partial charge is 0.393 e. The van der Waals surface area contributed by atoms with Gasteiger partial charge in [0.1, 0.15) is 5.82 Å². The monoisotopic (exact) mass is 233 g/mol. The van der Waals surface area contributed by atoms with Gasteiger partial charge in [-0.25, -0.2) is 4.39 Å². The third-order valence-electron chi connectivity index (χ3n) is 1.83. The van der Waals surface area contributed by atoms with E-state index in [4.69, 9.17) is 16.7 Å². The molecule has 0 aliphatic carbocycles. The molecule has 6 heteroatoms. The van der Waals surface area contributed by atoms with E-state index in [0.717, 1.165) is 12.1 Å². The standard InChI is InChI=1S/C9H9ClFNO3/c1-5(13)2-6-3-8(11)7(10)4-9(6)12(14)15/h3-5,13H,2H2,1H3. The van der Waals surface area contributed by atoms with Gasteiger partial charge in [0, 0.05) is 18.1 Å². The zero-order valence-corrected chi connectivity index (χ0v) is 8.66. The lowest BCUT2D eigenvalue weighted by atomic mass is 10.1. The first-order chi connectivity index (χ1) is 6.91. The van der Waals surface area contributed by atoms with Crippen LogP contribution in [-0.4, -0.2) is 16.1 Å². The summed E-state index contributed by atoms with van der Waals surface area (Å²) >= 11 is 5.42. The summed E-state index contributed by atoms with van der Waals surface area (Å²) in [4.78, 5) is 9.96. The molecule has 0 amide bonds. The highest BCUT2D eigenvalue weighted by Crippen LogP contribution is 2.27. The number of aliphatic hydroxyl groups excluding tert-OH is 1. The van der Waals surface area contributed by atoms with Crippen molar-refractivity contribution in [1.82, 2.24) is 0 Å². The second-order valence-electron chi connectivity index (χ2n) is 3.21. The molecule has 15 heavy (non-hydrogen) atoms. The highest BCUT2D eigenvalue weighted by molar-refractivity contribution is 6.31. The molecule has 1 unspecified atom stereocenters. The number of nitrogens with zero attached hydrogens (tertiary/aromatic N) is 1. The number of nitro groups is 1. The molecule has 1 aromatic carbocycles. The Morgan fingerprint density at radius 3 is 2.73 bits per heavy atom. The number of benzene rings is 1. The van der Waals surface area contributed by atoms with E-state index in [-0.39, 0.29) is 22.7 Å². The lowest BCUT2D eigenvalue weighted by Gasteiger charge is -2.06. The average molecular weight is 234 g/mol. The third-order valence-corrected chi connectivity index (χ3v) is 2.12. The zero-order valence-electron chi connectivity index (χ0n) is 7.91. The van der Waals surface area contributed by atoms with E-state index < -0.39 is 16.8 Å². The smallest absolute Gasteiger partial charge is 0.274 e. The lowest BCUT2D eigenvalue weighted by Crippen LogP contribution is -2.07. The molecule has 82 valence electrons. The van der Waals surface area contributed by atoms with Crippen LogP contribution in [0.5, 0.6) is 0 Å². The van der Waals surface area contributed by atoms with Gasteiger partial charge >= 0.3 is 0 Å². The van der Waals surface area contributed by atoms with E-state index in [1.165, 1.54) is 6.92 Å². The molecule has 0 saturated carbocycles. The summed E-state index contributed by atoms with van der Waals surface area (Å²) in [6.07, 6.45) is -0.756. The molecular formula is C9H9ClFNO3. The van der Waals surface area contributed by atoms with Crippen molar-refractivity contribution in [2.75, 3.05) is 0 Å². The number of hydrogen-bond donors (Lipinski definition) is 1. The van der Waals surface area contributed by atoms with E-state index in [9.17, 15) is 14.5 Å². The summed E-state index contributed by atoms with van der Waals surface area (Å²) in [5.41, 5.74) is -0.140. The Morgan fingerprint density at radius 1 is 1.67 bits per heavy atom. The molecule has 1 aromatic rings. The molecule has 0 radical (unpaired) electrons. The summed E-state index contributed by atoms with van der Waals surface area (Å²) in [5.74, 6) is -0.724. The predicted molar refractivity (Wildman–Crippen MR) is 53.4 cm³/mol. The van der Waals surface area contributed by atoms with Crippen molar-refractivity contribution in [2.24, 2.45) is 0 Å². The van der Waals surface area contributed by atoms with Gasteiger partial charge in [0.25, 0.3) is 5.69 Å². The van der Waals surface area contributed by atoms with Crippen LogP contribution in [0.2, 0.25) is 5.02 Å². The fourth-order valence-corrected chi connectivity index (χ4v) is 1.39. The maximum absolute atomic E-state index is 13.0. The first-order valence-corrected chi connectivity index (χ1v) is 4.60. The minimum Gasteiger partial charge on any atom is -0.393 e. The van der Waals surface area contributed by atoms with E-state index in [0.29, 0.717) is 0 Å². The molecule has 4 nitrogen and oxygen atoms in total. The minimum atomic E-state index is -0.774. The van der Waals surface area contributed by atoms with Gasteiger partial charge in [0.2, 0.25) is 0 Å². The molecule has 0 saturated heterocycles. The van der Waals surface area contributed by atoms with Crippen molar-refractivity contribution < 1.29 is 14.4 Å². The Kier molecular flexibility index (Phi) is 3.60. The van der Waals surface area contributed by atoms with Crippen molar-refractivity contribution in [3.63, 3.8) is 0 Å². The number of rotatable bonds is 3. The molecule has 1 N–H and O–H groups in total. The molecule has 0 aliphatic rings. The second kappa shape index (κ2) is 4.55. The van der Waals surface area contributed by atoms with Crippen molar-refractivity contribution in [2.45, 2.75) is 19.4 Å². The number of nitro benzene ring substituents is 1. The molecule has 1 rings (SSSR count). The van der Waals surface area contributed by atoms with E-state index in [1.54, 1.807) is 0 Å². The van der Waals surface area contributed by atoms with Crippen molar-refractivity contribution in [3.8, 4) is 0 Å². The topological polar surface area (TPSA) is 63.4 Å². The highest BCUT2D eigenvalue weighted by atomic mass is 35.5. The molecular weight excluding hydrogens is 225 g/mol. The number of halogens is 2. The highest BCUT2D eigenvalue weighted by Gasteiger charge is 2.18. The minimum absolute atomic E-state index is 0.0183. The molecule has 0 aliphatic heterocycles. The van der Waals surface area contributed by atoms with Gasteiger partial charge in [-0.15, -0.1) is 0 Å². The van der Waals surface area contributed by atoms with E-state index >= 15 is 0 Å². The predicted octanol–water partition coefficient (Wildman–Crippen LogP) is 2.31. The van der Waals surface area contributed by atoms with Crippen LogP contribution < -0.4 is 0 Å². The van der Waals surface area contributed by atoms with Crippen LogP contribution >= 0.6 is 11.6 Å². The first kappa shape index (κ1) is 11.9. The van der Waals surface area contributed by atoms with Crippen molar-refractivity contribution in [1.29, 1.82) is 0 Å². The van der Waals surface area contributed by atoms with Gasteiger partial charge in [0.15, 0.2) is 0 Å². The molecule has 0 bridgehead atoms. The molecule has 0 aromatic heterocycles. The van der Waals surface area contributed by atoms with Gasteiger partial charge < -0.3 is 5.11 Å². The van der Waals surface area contributed by atoms with Crippen LogP contribution in [-0.2, 0) is 6.42 Å². The molecule has 0 heterocycles. The summed E-state index contributed by atoms with van der Waals surface area (Å²) in [5, 5.41) is 19.4. The second-order valence-corrected chi connectivity index (χ2v) is 3.61. The van der Waals surface area contributed by atoms with Crippen LogP contribution in [0.3, 0.4) is 0 Å². The summed E-state index contributed by atoms with van der Waals surface area (Å²) in [7, 11) is 0. The van der Waals surface area contributed by atoms with E-state index in [2.05, 4.69) is 0 Å². The Labute approximate surface area is 90.4 Å². The van der Waals surface area contributed by atoms with Gasteiger partial charge in [-0.3, -0.25) is 10.1 Å². The molecule has 1 atom stereocenters. The summed E-state index contributed by atoms with van der Waals surface area (Å²) in [6.45, 7) is 1.47. The summed E-state index contributed by atoms with van der Waals surface area (Å²) < 4.78 is 13.0. The quantitative estimate of drug-likeness (QED) is 0.644. The van der Waals surface area contributed by atoms with Gasteiger partial charge in [-0.05, 0) is 13.0 Å². The Morgan fingerprint density at radius 2 is 2.27 bits per heavy atom. The maximum atomic E-state index is 13.0. The average Bonchev–Trinajstić information content (AvgIpc) is 2.09. The number of hydrogen-bond acceptors (Lipinski definition) is 3. The lowest BCUT2D eigenvalue weighted by molar-refractivity contribution is -0.385. The Hall–Kier alpha value is -1.20. The normalized spacial score (nSPS) is 12.5. The first-order valence-electron chi connectivity index (χ1n) is 4.22. The van der Waals surface area contributed by atoms with Crippen LogP contribution in [0.1, 0.15) is 12.5 Å². The maximum Gasteiger partial charge on any atom is 0.274 e. The van der Waals surface area contributed by atoms with Crippen molar-refractivity contribution >= 4 is 17.3 Å². The van der Waals surface area contributed by atoms with Crippen LogP contribution in [0.25, 0.3) is 0 Å². The van der Waals surface area contributed by atoms with Crippen LogP contribution in [0.4, 0.5) is 10.1 Å². The summed E-state index contributed by atoms with van der Waals surface area (Å²) in [6, 6.07) is 1.93. The van der Waals surface area contributed by atoms with Crippen LogP contribution in [0.15, 0.2) is 12.1 Å². The van der Waals surface area contributed by atoms with Gasteiger partial charge in [0.05, 0.1) is 16.0 Å². The van der Waals surface area contributed by atoms with E-state index in [1.807, 2.05) is 0 Å². The fourth-order valence-electron chi connectivity index (χ4n) is 1.23. The third kappa shape index (κ3) is 2.87. The van der Waals surface area contributed by atoms with Gasteiger partial charge in [-0.2, -0.15) is 0 Å².